The van der Waals surface area contributed by atoms with Crippen molar-refractivity contribution >= 4 is 11.6 Å². The van der Waals surface area contributed by atoms with Gasteiger partial charge < -0.3 is 5.11 Å². The lowest BCUT2D eigenvalue weighted by molar-refractivity contribution is 0.475. The molecule has 0 spiro atoms. The van der Waals surface area contributed by atoms with E-state index in [2.05, 4.69) is 25.1 Å². The van der Waals surface area contributed by atoms with Crippen LogP contribution in [0.15, 0.2) is 54.6 Å². The fourth-order valence-corrected chi connectivity index (χ4v) is 1.60. The van der Waals surface area contributed by atoms with Crippen molar-refractivity contribution < 1.29 is 5.11 Å². The summed E-state index contributed by atoms with van der Waals surface area (Å²) in [4.78, 5) is 0. The Morgan fingerprint density at radius 1 is 0.938 bits per heavy atom. The molecule has 0 radical (unpaired) electrons. The maximum Gasteiger partial charge on any atom is 0.115 e. The highest BCUT2D eigenvalue weighted by Crippen LogP contribution is 2.18. The van der Waals surface area contributed by atoms with Crippen LogP contribution in [0.5, 0.6) is 5.75 Å². The molecule has 0 aromatic heterocycles. The number of allylic oxidation sites excluding steroid dienone is 1. The van der Waals surface area contributed by atoms with Gasteiger partial charge in [0.15, 0.2) is 0 Å². The third-order valence-electron chi connectivity index (χ3n) is 2.51. The van der Waals surface area contributed by atoms with Gasteiger partial charge in [-0.05, 0) is 35.8 Å². The quantitative estimate of drug-likeness (QED) is 0.744. The van der Waals surface area contributed by atoms with Crippen molar-refractivity contribution in [1.29, 1.82) is 0 Å². The van der Waals surface area contributed by atoms with Gasteiger partial charge in [-0.3, -0.25) is 0 Å². The van der Waals surface area contributed by atoms with Crippen LogP contribution >= 0.6 is 0 Å². The molecule has 0 aliphatic heterocycles. The van der Waals surface area contributed by atoms with E-state index in [9.17, 15) is 5.11 Å². The Balaban J connectivity index is 2.28. The van der Waals surface area contributed by atoms with Gasteiger partial charge >= 0.3 is 0 Å². The molecule has 1 nitrogen and oxygen atoms in total. The van der Waals surface area contributed by atoms with Crippen LogP contribution in [0, 0.1) is 0 Å². The number of hydrogen-bond acceptors (Lipinski definition) is 1. The predicted octanol–water partition coefficient (Wildman–Crippen LogP) is 3.95. The molecule has 2 rings (SSSR count). The van der Waals surface area contributed by atoms with E-state index in [0.29, 0.717) is 5.75 Å². The fourth-order valence-electron chi connectivity index (χ4n) is 1.60. The lowest BCUT2D eigenvalue weighted by Crippen LogP contribution is -1.78. The number of phenolic OH excluding ortho intramolecular Hbond substituents is 1. The van der Waals surface area contributed by atoms with E-state index < -0.39 is 0 Å². The lowest BCUT2D eigenvalue weighted by atomic mass is 10.0. The highest BCUT2D eigenvalue weighted by atomic mass is 16.3. The molecule has 0 amide bonds. The van der Waals surface area contributed by atoms with Crippen LogP contribution in [0.4, 0.5) is 0 Å². The molecule has 0 saturated carbocycles. The first-order valence-corrected chi connectivity index (χ1v) is 5.28. The minimum atomic E-state index is 0.300. The molecule has 0 unspecified atom stereocenters. The van der Waals surface area contributed by atoms with E-state index in [4.69, 9.17) is 0 Å². The molecule has 0 saturated heterocycles. The van der Waals surface area contributed by atoms with E-state index in [1.54, 1.807) is 12.1 Å². The Morgan fingerprint density at radius 3 is 2.19 bits per heavy atom. The van der Waals surface area contributed by atoms with E-state index in [1.807, 2.05) is 30.3 Å². The second kappa shape index (κ2) is 4.67. The van der Waals surface area contributed by atoms with Gasteiger partial charge in [-0.25, -0.2) is 0 Å². The minimum absolute atomic E-state index is 0.300. The van der Waals surface area contributed by atoms with E-state index >= 15 is 0 Å². The smallest absolute Gasteiger partial charge is 0.115 e. The van der Waals surface area contributed by atoms with Crippen molar-refractivity contribution in [1.82, 2.24) is 0 Å². The Morgan fingerprint density at radius 2 is 1.56 bits per heavy atom. The van der Waals surface area contributed by atoms with Gasteiger partial charge in [-0.15, -0.1) is 0 Å². The van der Waals surface area contributed by atoms with Gasteiger partial charge in [0.05, 0.1) is 0 Å². The van der Waals surface area contributed by atoms with Crippen LogP contribution in [0.1, 0.15) is 18.1 Å². The van der Waals surface area contributed by atoms with Crippen LogP contribution in [0.25, 0.3) is 11.6 Å². The summed E-state index contributed by atoms with van der Waals surface area (Å²) in [6.45, 7) is 2.09. The van der Waals surface area contributed by atoms with Gasteiger partial charge in [-0.1, -0.05) is 48.5 Å². The summed E-state index contributed by atoms with van der Waals surface area (Å²) in [6.07, 6.45) is 2.11. The molecule has 0 bridgehead atoms. The summed E-state index contributed by atoms with van der Waals surface area (Å²) >= 11 is 0. The molecule has 0 aliphatic carbocycles. The topological polar surface area (TPSA) is 20.2 Å². The van der Waals surface area contributed by atoms with Crippen LogP contribution in [0.3, 0.4) is 0 Å². The number of rotatable bonds is 2. The maximum atomic E-state index is 9.19. The highest BCUT2D eigenvalue weighted by Gasteiger charge is 1.95. The second-order valence-corrected chi connectivity index (χ2v) is 3.78. The fraction of sp³-hybridized carbons (Fsp3) is 0.0667. The first kappa shape index (κ1) is 10.5. The summed E-state index contributed by atoms with van der Waals surface area (Å²) in [5.74, 6) is 0.300. The normalized spacial score (nSPS) is 11.4. The van der Waals surface area contributed by atoms with Crippen LogP contribution in [0.2, 0.25) is 0 Å². The minimum Gasteiger partial charge on any atom is -0.508 e. The molecule has 0 atom stereocenters. The predicted molar refractivity (Wildman–Crippen MR) is 68.1 cm³/mol. The summed E-state index contributed by atoms with van der Waals surface area (Å²) in [5, 5.41) is 9.19. The molecule has 80 valence electrons. The first-order valence-electron chi connectivity index (χ1n) is 5.28. The Bertz CT molecular complexity index is 481. The van der Waals surface area contributed by atoms with Gasteiger partial charge in [0, 0.05) is 0 Å². The number of phenols is 1. The van der Waals surface area contributed by atoms with E-state index in [0.717, 1.165) is 5.56 Å². The van der Waals surface area contributed by atoms with Crippen molar-refractivity contribution in [3.8, 4) is 5.75 Å². The Labute approximate surface area is 95.7 Å². The standard InChI is InChI=1S/C15H14O/c1-12(14-5-3-2-4-6-14)11-13-7-9-15(16)10-8-13/h2-11,16H,1H3/b12-11-. The molecule has 2 aromatic rings. The Hall–Kier alpha value is -2.02. The molecule has 2 aromatic carbocycles. The highest BCUT2D eigenvalue weighted by molar-refractivity contribution is 5.80. The molecule has 0 aliphatic rings. The summed E-state index contributed by atoms with van der Waals surface area (Å²) in [7, 11) is 0. The van der Waals surface area contributed by atoms with Crippen LogP contribution in [-0.2, 0) is 0 Å². The molecule has 16 heavy (non-hydrogen) atoms. The zero-order chi connectivity index (χ0) is 11.4. The van der Waals surface area contributed by atoms with E-state index in [-0.39, 0.29) is 0 Å². The van der Waals surface area contributed by atoms with Gasteiger partial charge in [0.25, 0.3) is 0 Å². The first-order chi connectivity index (χ1) is 7.75. The average molecular weight is 210 g/mol. The zero-order valence-electron chi connectivity index (χ0n) is 9.22. The van der Waals surface area contributed by atoms with Gasteiger partial charge in [0.2, 0.25) is 0 Å². The summed E-state index contributed by atoms with van der Waals surface area (Å²) < 4.78 is 0. The maximum absolute atomic E-state index is 9.19. The zero-order valence-corrected chi connectivity index (χ0v) is 9.22. The van der Waals surface area contributed by atoms with Crippen molar-refractivity contribution in [3.63, 3.8) is 0 Å². The second-order valence-electron chi connectivity index (χ2n) is 3.78. The van der Waals surface area contributed by atoms with E-state index in [1.165, 1.54) is 11.1 Å². The number of hydrogen-bond donors (Lipinski definition) is 1. The molecular weight excluding hydrogens is 196 g/mol. The SMILES string of the molecule is C/C(=C/c1ccc(O)cc1)c1ccccc1. The molecule has 1 heteroatoms. The Kier molecular flexibility index (Phi) is 3.06. The van der Waals surface area contributed by atoms with Crippen molar-refractivity contribution in [3.05, 3.63) is 65.7 Å². The molecular formula is C15H14O. The third-order valence-corrected chi connectivity index (χ3v) is 2.51. The van der Waals surface area contributed by atoms with Crippen molar-refractivity contribution in [2.45, 2.75) is 6.92 Å². The van der Waals surface area contributed by atoms with Gasteiger partial charge in [-0.2, -0.15) is 0 Å². The van der Waals surface area contributed by atoms with Crippen molar-refractivity contribution in [2.75, 3.05) is 0 Å². The average Bonchev–Trinajstić information content (AvgIpc) is 2.33. The third kappa shape index (κ3) is 2.51. The summed E-state index contributed by atoms with van der Waals surface area (Å²) in [6, 6.07) is 17.5. The molecule has 0 heterocycles. The number of aromatic hydroxyl groups is 1. The van der Waals surface area contributed by atoms with Crippen LogP contribution < -0.4 is 0 Å². The molecule has 0 fully saturated rings. The molecule has 1 N–H and O–H groups in total. The number of benzene rings is 2. The van der Waals surface area contributed by atoms with Gasteiger partial charge in [0.1, 0.15) is 5.75 Å². The largest absolute Gasteiger partial charge is 0.508 e. The summed E-state index contributed by atoms with van der Waals surface area (Å²) in [5.41, 5.74) is 3.53. The lowest BCUT2D eigenvalue weighted by Gasteiger charge is -2.01. The van der Waals surface area contributed by atoms with Crippen molar-refractivity contribution in [2.24, 2.45) is 0 Å². The van der Waals surface area contributed by atoms with Crippen LogP contribution in [-0.4, -0.2) is 5.11 Å². The monoisotopic (exact) mass is 210 g/mol.